The molecule has 0 radical (unpaired) electrons. The Balaban J connectivity index is 1.72. The minimum Gasteiger partial charge on any atom is -0.494 e. The summed E-state index contributed by atoms with van der Waals surface area (Å²) in [7, 11) is 4.54. The minimum absolute atomic E-state index is 0.294. The van der Waals surface area contributed by atoms with Crippen LogP contribution in [0.1, 0.15) is 36.2 Å². The molecule has 38 heavy (non-hydrogen) atoms. The highest BCUT2D eigenvalue weighted by Gasteiger charge is 2.16. The van der Waals surface area contributed by atoms with Crippen molar-refractivity contribution in [2.75, 3.05) is 38.6 Å². The lowest BCUT2D eigenvalue weighted by Gasteiger charge is -2.16. The molecule has 200 valence electrons. The van der Waals surface area contributed by atoms with Gasteiger partial charge in [0.05, 0.1) is 39.3 Å². The van der Waals surface area contributed by atoms with Crippen LogP contribution in [0.4, 0.5) is 11.4 Å². The zero-order valence-electron chi connectivity index (χ0n) is 22.4. The molecule has 0 spiro atoms. The SMILES string of the molecule is COc1cc(NC(=O)c2ccccc2)c(OC)cc1NC(=O)/C=C/c1ccc(OCCC(C)C)c(OC)c1. The van der Waals surface area contributed by atoms with Gasteiger partial charge in [-0.15, -0.1) is 0 Å². The van der Waals surface area contributed by atoms with Gasteiger partial charge < -0.3 is 29.6 Å². The molecule has 8 heteroatoms. The van der Waals surface area contributed by atoms with Gasteiger partial charge >= 0.3 is 0 Å². The molecule has 0 aromatic heterocycles. The fraction of sp³-hybridized carbons (Fsp3) is 0.267. The van der Waals surface area contributed by atoms with E-state index in [0.29, 0.717) is 52.5 Å². The van der Waals surface area contributed by atoms with E-state index in [2.05, 4.69) is 24.5 Å². The van der Waals surface area contributed by atoms with Crippen molar-refractivity contribution < 1.29 is 28.5 Å². The van der Waals surface area contributed by atoms with Gasteiger partial charge in [0.25, 0.3) is 5.91 Å². The third-order valence-corrected chi connectivity index (χ3v) is 5.63. The van der Waals surface area contributed by atoms with E-state index in [9.17, 15) is 9.59 Å². The average Bonchev–Trinajstić information content (AvgIpc) is 2.93. The highest BCUT2D eigenvalue weighted by atomic mass is 16.5. The number of anilines is 2. The Morgan fingerprint density at radius 1 is 0.789 bits per heavy atom. The van der Waals surface area contributed by atoms with Gasteiger partial charge in [0, 0.05) is 23.8 Å². The van der Waals surface area contributed by atoms with E-state index in [0.717, 1.165) is 12.0 Å². The number of benzene rings is 3. The Hall–Kier alpha value is -4.46. The minimum atomic E-state index is -0.373. The summed E-state index contributed by atoms with van der Waals surface area (Å²) in [5, 5.41) is 5.62. The summed E-state index contributed by atoms with van der Waals surface area (Å²) in [5.41, 5.74) is 2.08. The maximum atomic E-state index is 12.7. The normalized spacial score (nSPS) is 10.8. The quantitative estimate of drug-likeness (QED) is 0.284. The molecule has 0 saturated carbocycles. The molecule has 0 aliphatic carbocycles. The Bertz CT molecular complexity index is 1270. The number of carbonyl (C=O) groups is 2. The van der Waals surface area contributed by atoms with Crippen LogP contribution in [0, 0.1) is 5.92 Å². The monoisotopic (exact) mass is 518 g/mol. The molecule has 3 aromatic rings. The average molecular weight is 519 g/mol. The topological polar surface area (TPSA) is 95.1 Å². The molecule has 2 N–H and O–H groups in total. The van der Waals surface area contributed by atoms with E-state index in [1.807, 2.05) is 24.3 Å². The Morgan fingerprint density at radius 2 is 1.42 bits per heavy atom. The van der Waals surface area contributed by atoms with Crippen molar-refractivity contribution in [3.8, 4) is 23.0 Å². The molecule has 2 amide bonds. The summed E-state index contributed by atoms with van der Waals surface area (Å²) in [5.74, 6) is 1.86. The van der Waals surface area contributed by atoms with Crippen molar-refractivity contribution in [1.29, 1.82) is 0 Å². The summed E-state index contributed by atoms with van der Waals surface area (Å²) < 4.78 is 22.2. The predicted octanol–water partition coefficient (Wildman–Crippen LogP) is 6.04. The first-order valence-corrected chi connectivity index (χ1v) is 12.3. The summed E-state index contributed by atoms with van der Waals surface area (Å²) in [6.07, 6.45) is 4.03. The van der Waals surface area contributed by atoms with Crippen LogP contribution < -0.4 is 29.6 Å². The van der Waals surface area contributed by atoms with Crippen LogP contribution in [0.5, 0.6) is 23.0 Å². The first-order chi connectivity index (χ1) is 18.3. The molecule has 8 nitrogen and oxygen atoms in total. The van der Waals surface area contributed by atoms with Crippen LogP contribution in [-0.4, -0.2) is 39.8 Å². The molecule has 0 bridgehead atoms. The van der Waals surface area contributed by atoms with Crippen LogP contribution in [0.15, 0.2) is 66.7 Å². The number of methoxy groups -OCH3 is 3. The first-order valence-electron chi connectivity index (χ1n) is 12.3. The van der Waals surface area contributed by atoms with Crippen LogP contribution >= 0.6 is 0 Å². The zero-order valence-corrected chi connectivity index (χ0v) is 22.4. The zero-order chi connectivity index (χ0) is 27.5. The predicted molar refractivity (Wildman–Crippen MR) is 150 cm³/mol. The molecule has 0 aliphatic heterocycles. The van der Waals surface area contributed by atoms with E-state index in [-0.39, 0.29) is 11.8 Å². The summed E-state index contributed by atoms with van der Waals surface area (Å²) in [6.45, 7) is 4.89. The van der Waals surface area contributed by atoms with Crippen molar-refractivity contribution in [3.63, 3.8) is 0 Å². The second-order valence-corrected chi connectivity index (χ2v) is 8.84. The number of carbonyl (C=O) groups excluding carboxylic acids is 2. The summed E-state index contributed by atoms with van der Waals surface area (Å²) in [6, 6.07) is 17.5. The van der Waals surface area contributed by atoms with Gasteiger partial charge in [0.2, 0.25) is 5.91 Å². The summed E-state index contributed by atoms with van der Waals surface area (Å²) in [4.78, 5) is 25.3. The van der Waals surface area contributed by atoms with Gasteiger partial charge in [-0.3, -0.25) is 9.59 Å². The maximum Gasteiger partial charge on any atom is 0.255 e. The van der Waals surface area contributed by atoms with Crippen LogP contribution in [-0.2, 0) is 4.79 Å². The number of amides is 2. The summed E-state index contributed by atoms with van der Waals surface area (Å²) >= 11 is 0. The molecule has 0 saturated heterocycles. The van der Waals surface area contributed by atoms with Crippen LogP contribution in [0.25, 0.3) is 6.08 Å². The van der Waals surface area contributed by atoms with Crippen molar-refractivity contribution >= 4 is 29.3 Å². The molecule has 0 atom stereocenters. The Labute approximate surface area is 223 Å². The largest absolute Gasteiger partial charge is 0.494 e. The van der Waals surface area contributed by atoms with Crippen molar-refractivity contribution in [1.82, 2.24) is 0 Å². The highest BCUT2D eigenvalue weighted by molar-refractivity contribution is 6.06. The third-order valence-electron chi connectivity index (χ3n) is 5.63. The number of hydrogen-bond donors (Lipinski definition) is 2. The molecular formula is C30H34N2O6. The van der Waals surface area contributed by atoms with Crippen molar-refractivity contribution in [3.05, 3.63) is 77.9 Å². The van der Waals surface area contributed by atoms with Crippen LogP contribution in [0.3, 0.4) is 0 Å². The number of hydrogen-bond acceptors (Lipinski definition) is 6. The van der Waals surface area contributed by atoms with E-state index in [1.165, 1.54) is 20.3 Å². The smallest absolute Gasteiger partial charge is 0.255 e. The first kappa shape index (κ1) is 28.1. The molecule has 0 heterocycles. The number of nitrogens with one attached hydrogen (secondary N) is 2. The molecule has 0 aliphatic rings. The van der Waals surface area contributed by atoms with Crippen LogP contribution in [0.2, 0.25) is 0 Å². The van der Waals surface area contributed by atoms with Gasteiger partial charge in [-0.05, 0) is 48.2 Å². The number of rotatable bonds is 12. The van der Waals surface area contributed by atoms with Gasteiger partial charge in [-0.25, -0.2) is 0 Å². The van der Waals surface area contributed by atoms with Crippen molar-refractivity contribution in [2.24, 2.45) is 5.92 Å². The molecule has 0 unspecified atom stereocenters. The number of ether oxygens (including phenoxy) is 4. The molecule has 0 fully saturated rings. The maximum absolute atomic E-state index is 12.7. The van der Waals surface area contributed by atoms with Gasteiger partial charge in [-0.2, -0.15) is 0 Å². The highest BCUT2D eigenvalue weighted by Crippen LogP contribution is 2.37. The lowest BCUT2D eigenvalue weighted by Crippen LogP contribution is -2.14. The molecule has 3 aromatic carbocycles. The third kappa shape index (κ3) is 7.77. The van der Waals surface area contributed by atoms with Crippen molar-refractivity contribution in [2.45, 2.75) is 20.3 Å². The second-order valence-electron chi connectivity index (χ2n) is 8.84. The van der Waals surface area contributed by atoms with Gasteiger partial charge in [-0.1, -0.05) is 38.1 Å². The van der Waals surface area contributed by atoms with Gasteiger partial charge in [0.1, 0.15) is 11.5 Å². The molecule has 3 rings (SSSR count). The Kier molecular flexibility index (Phi) is 10.2. The molecular weight excluding hydrogens is 484 g/mol. The van der Waals surface area contributed by atoms with E-state index in [1.54, 1.807) is 49.6 Å². The van der Waals surface area contributed by atoms with Gasteiger partial charge in [0.15, 0.2) is 11.5 Å². The fourth-order valence-corrected chi connectivity index (χ4v) is 3.54. The lowest BCUT2D eigenvalue weighted by molar-refractivity contribution is -0.111. The fourth-order valence-electron chi connectivity index (χ4n) is 3.54. The van der Waals surface area contributed by atoms with E-state index < -0.39 is 0 Å². The Morgan fingerprint density at radius 3 is 2.03 bits per heavy atom. The van der Waals surface area contributed by atoms with E-state index >= 15 is 0 Å². The second kappa shape index (κ2) is 13.7. The lowest BCUT2D eigenvalue weighted by atomic mass is 10.1. The standard InChI is InChI=1S/C30H34N2O6/c1-20(2)15-16-38-25-13-11-21(17-28(25)37-5)12-14-29(33)31-23-18-27(36-4)24(19-26(23)35-3)32-30(34)22-9-7-6-8-10-22/h6-14,17-20H,15-16H2,1-5H3,(H,31,33)(H,32,34)/b14-12+. The van der Waals surface area contributed by atoms with E-state index in [4.69, 9.17) is 18.9 Å².